The highest BCUT2D eigenvalue weighted by Crippen LogP contribution is 2.35. The lowest BCUT2D eigenvalue weighted by Gasteiger charge is -2.42. The van der Waals surface area contributed by atoms with E-state index in [1.807, 2.05) is 0 Å². The fourth-order valence-electron chi connectivity index (χ4n) is 3.11. The second-order valence-corrected chi connectivity index (χ2v) is 7.37. The molecule has 0 radical (unpaired) electrons. The highest BCUT2D eigenvalue weighted by molar-refractivity contribution is 9.10. The van der Waals surface area contributed by atoms with Gasteiger partial charge in [0.2, 0.25) is 0 Å². The van der Waals surface area contributed by atoms with Crippen LogP contribution in [0.2, 0.25) is 0 Å². The molecule has 19 heavy (non-hydrogen) atoms. The highest BCUT2D eigenvalue weighted by Gasteiger charge is 2.31. The van der Waals surface area contributed by atoms with Gasteiger partial charge in [0.15, 0.2) is 0 Å². The van der Waals surface area contributed by atoms with E-state index in [0.717, 1.165) is 13.1 Å². The quantitative estimate of drug-likeness (QED) is 0.914. The third-order valence-electron chi connectivity index (χ3n) is 4.11. The Morgan fingerprint density at radius 1 is 1.42 bits per heavy atom. The van der Waals surface area contributed by atoms with Gasteiger partial charge in [-0.1, -0.05) is 41.9 Å². The Morgan fingerprint density at radius 3 is 2.74 bits per heavy atom. The zero-order valence-electron chi connectivity index (χ0n) is 12.2. The van der Waals surface area contributed by atoms with Crippen molar-refractivity contribution < 1.29 is 0 Å². The topological polar surface area (TPSA) is 29.3 Å². The van der Waals surface area contributed by atoms with E-state index in [0.29, 0.717) is 18.0 Å². The normalized spacial score (nSPS) is 21.3. The van der Waals surface area contributed by atoms with Crippen LogP contribution in [-0.2, 0) is 0 Å². The Morgan fingerprint density at radius 2 is 2.16 bits per heavy atom. The molecule has 0 amide bonds. The van der Waals surface area contributed by atoms with Crippen molar-refractivity contribution in [1.82, 2.24) is 4.90 Å². The predicted octanol–water partition coefficient (Wildman–Crippen LogP) is 3.88. The molecule has 1 aromatic rings. The Labute approximate surface area is 125 Å². The minimum Gasteiger partial charge on any atom is -0.329 e. The van der Waals surface area contributed by atoms with Crippen molar-refractivity contribution >= 4 is 15.9 Å². The standard InChI is InChI=1S/C16H25BrN2/c1-12-5-6-13(14(17)9-12)15(10-18)19-8-4-7-16(2,3)11-19/h5-6,9,15H,4,7-8,10-11,18H2,1-3H3. The number of benzene rings is 1. The second kappa shape index (κ2) is 5.94. The summed E-state index contributed by atoms with van der Waals surface area (Å²) in [4.78, 5) is 2.55. The molecule has 1 aromatic carbocycles. The Balaban J connectivity index is 2.24. The molecule has 106 valence electrons. The predicted molar refractivity (Wildman–Crippen MR) is 85.3 cm³/mol. The minimum absolute atomic E-state index is 0.328. The summed E-state index contributed by atoms with van der Waals surface area (Å²) in [6.45, 7) is 9.81. The van der Waals surface area contributed by atoms with Crippen molar-refractivity contribution in [2.45, 2.75) is 39.7 Å². The molecular weight excluding hydrogens is 300 g/mol. The summed E-state index contributed by atoms with van der Waals surface area (Å²) in [5.74, 6) is 0. The first-order valence-electron chi connectivity index (χ1n) is 7.13. The monoisotopic (exact) mass is 324 g/mol. The van der Waals surface area contributed by atoms with E-state index in [4.69, 9.17) is 5.73 Å². The van der Waals surface area contributed by atoms with E-state index in [1.54, 1.807) is 0 Å². The van der Waals surface area contributed by atoms with Gasteiger partial charge >= 0.3 is 0 Å². The summed E-state index contributed by atoms with van der Waals surface area (Å²) in [6, 6.07) is 6.92. The van der Waals surface area contributed by atoms with Gasteiger partial charge in [-0.05, 0) is 48.9 Å². The molecule has 2 N–H and O–H groups in total. The maximum absolute atomic E-state index is 6.07. The molecule has 0 bridgehead atoms. The first kappa shape index (κ1) is 15.0. The smallest absolute Gasteiger partial charge is 0.0481 e. The number of rotatable bonds is 3. The van der Waals surface area contributed by atoms with Gasteiger partial charge in [0, 0.05) is 23.6 Å². The SMILES string of the molecule is Cc1ccc(C(CN)N2CCCC(C)(C)C2)c(Br)c1. The van der Waals surface area contributed by atoms with Crippen LogP contribution >= 0.6 is 15.9 Å². The van der Waals surface area contributed by atoms with Gasteiger partial charge in [-0.15, -0.1) is 0 Å². The summed E-state index contributed by atoms with van der Waals surface area (Å²) in [5.41, 5.74) is 9.08. The van der Waals surface area contributed by atoms with Crippen LogP contribution < -0.4 is 5.73 Å². The van der Waals surface area contributed by atoms with E-state index >= 15 is 0 Å². The summed E-state index contributed by atoms with van der Waals surface area (Å²) >= 11 is 3.70. The number of nitrogens with two attached hydrogens (primary N) is 1. The van der Waals surface area contributed by atoms with Crippen molar-refractivity contribution in [2.24, 2.45) is 11.1 Å². The average molecular weight is 325 g/mol. The first-order chi connectivity index (χ1) is 8.93. The third kappa shape index (κ3) is 3.59. The number of hydrogen-bond acceptors (Lipinski definition) is 2. The van der Waals surface area contributed by atoms with E-state index in [2.05, 4.69) is 59.8 Å². The van der Waals surface area contributed by atoms with Crippen molar-refractivity contribution in [2.75, 3.05) is 19.6 Å². The molecule has 0 spiro atoms. The summed E-state index contributed by atoms with van der Waals surface area (Å²) < 4.78 is 1.19. The van der Waals surface area contributed by atoms with E-state index < -0.39 is 0 Å². The molecule has 0 aliphatic carbocycles. The van der Waals surface area contributed by atoms with Crippen LogP contribution in [0.4, 0.5) is 0 Å². The highest BCUT2D eigenvalue weighted by atomic mass is 79.9. The van der Waals surface area contributed by atoms with Gasteiger partial charge < -0.3 is 5.73 Å². The molecule has 1 atom stereocenters. The summed E-state index contributed by atoms with van der Waals surface area (Å²) in [7, 11) is 0. The number of halogens is 1. The van der Waals surface area contributed by atoms with Crippen LogP contribution in [0, 0.1) is 12.3 Å². The van der Waals surface area contributed by atoms with Crippen LogP contribution in [-0.4, -0.2) is 24.5 Å². The molecule has 1 unspecified atom stereocenters. The fraction of sp³-hybridized carbons (Fsp3) is 0.625. The zero-order chi connectivity index (χ0) is 14.0. The first-order valence-corrected chi connectivity index (χ1v) is 7.92. The van der Waals surface area contributed by atoms with Crippen molar-refractivity contribution in [3.8, 4) is 0 Å². The molecule has 1 aliphatic heterocycles. The van der Waals surface area contributed by atoms with E-state index in [-0.39, 0.29) is 0 Å². The second-order valence-electron chi connectivity index (χ2n) is 6.51. The van der Waals surface area contributed by atoms with Gasteiger partial charge in [-0.2, -0.15) is 0 Å². The minimum atomic E-state index is 0.328. The lowest BCUT2D eigenvalue weighted by molar-refractivity contribution is 0.0804. The lowest BCUT2D eigenvalue weighted by atomic mass is 9.83. The van der Waals surface area contributed by atoms with E-state index in [1.165, 1.54) is 28.4 Å². The Bertz CT molecular complexity index is 442. The van der Waals surface area contributed by atoms with Gasteiger partial charge in [0.1, 0.15) is 0 Å². The third-order valence-corrected chi connectivity index (χ3v) is 4.80. The van der Waals surface area contributed by atoms with Crippen molar-refractivity contribution in [3.05, 3.63) is 33.8 Å². The Kier molecular flexibility index (Phi) is 4.70. The van der Waals surface area contributed by atoms with Crippen LogP contribution in [0.15, 0.2) is 22.7 Å². The maximum Gasteiger partial charge on any atom is 0.0481 e. The number of aryl methyl sites for hydroxylation is 1. The number of nitrogens with zero attached hydrogens (tertiary/aromatic N) is 1. The van der Waals surface area contributed by atoms with Crippen LogP contribution in [0.3, 0.4) is 0 Å². The molecule has 1 aliphatic rings. The zero-order valence-corrected chi connectivity index (χ0v) is 13.8. The van der Waals surface area contributed by atoms with Crippen molar-refractivity contribution in [1.29, 1.82) is 0 Å². The number of likely N-dealkylation sites (tertiary alicyclic amines) is 1. The summed E-state index contributed by atoms with van der Waals surface area (Å²) in [6.07, 6.45) is 2.59. The molecule has 2 rings (SSSR count). The molecule has 2 nitrogen and oxygen atoms in total. The summed E-state index contributed by atoms with van der Waals surface area (Å²) in [5, 5.41) is 0. The molecule has 0 saturated carbocycles. The molecular formula is C16H25BrN2. The Hall–Kier alpha value is -0.380. The average Bonchev–Trinajstić information content (AvgIpc) is 2.31. The maximum atomic E-state index is 6.07. The van der Waals surface area contributed by atoms with Gasteiger partial charge in [0.25, 0.3) is 0 Å². The fourth-order valence-corrected chi connectivity index (χ4v) is 3.87. The largest absolute Gasteiger partial charge is 0.329 e. The molecule has 1 heterocycles. The van der Waals surface area contributed by atoms with Crippen LogP contribution in [0.25, 0.3) is 0 Å². The van der Waals surface area contributed by atoms with E-state index in [9.17, 15) is 0 Å². The van der Waals surface area contributed by atoms with Gasteiger partial charge in [0.05, 0.1) is 0 Å². The van der Waals surface area contributed by atoms with Crippen LogP contribution in [0.5, 0.6) is 0 Å². The number of piperidine rings is 1. The molecule has 1 fully saturated rings. The lowest BCUT2D eigenvalue weighted by Crippen LogP contribution is -2.44. The van der Waals surface area contributed by atoms with Gasteiger partial charge in [-0.25, -0.2) is 0 Å². The molecule has 0 aromatic heterocycles. The molecule has 3 heteroatoms. The van der Waals surface area contributed by atoms with Crippen molar-refractivity contribution in [3.63, 3.8) is 0 Å². The molecule has 1 saturated heterocycles. The van der Waals surface area contributed by atoms with Gasteiger partial charge in [-0.3, -0.25) is 4.90 Å². The number of hydrogen-bond donors (Lipinski definition) is 1. The van der Waals surface area contributed by atoms with Crippen LogP contribution in [0.1, 0.15) is 43.9 Å².